The van der Waals surface area contributed by atoms with Crippen LogP contribution in [0.2, 0.25) is 0 Å². The molecule has 0 aliphatic carbocycles. The average molecular weight is 164 g/mol. The van der Waals surface area contributed by atoms with E-state index in [0.29, 0.717) is 0 Å². The molecule has 0 rings (SSSR count). The molecule has 1 nitrogen and oxygen atoms in total. The zero-order valence-electron chi connectivity index (χ0n) is 8.77. The van der Waals surface area contributed by atoms with Crippen LogP contribution in [-0.2, 0) is 0 Å². The van der Waals surface area contributed by atoms with Crippen LogP contribution in [-0.4, -0.2) is 6.61 Å². The van der Waals surface area contributed by atoms with Crippen molar-refractivity contribution in [2.45, 2.75) is 58.3 Å². The molecule has 0 heterocycles. The number of hydrogen-bond acceptors (Lipinski definition) is 1. The molecule has 0 N–H and O–H groups in total. The quantitative estimate of drug-likeness (QED) is 0.350. The molecule has 0 aliphatic rings. The molecule has 0 aromatic carbocycles. The second-order valence-corrected chi connectivity index (χ2v) is 3.18. The van der Waals surface area contributed by atoms with Crippen LogP contribution in [0.25, 0.3) is 0 Å². The SMILES string of the molecule is CCCCCCCCCC[O-].[Li+]. The molecule has 0 aromatic heterocycles. The third kappa shape index (κ3) is 13.2. The molecule has 0 amide bonds. The van der Waals surface area contributed by atoms with Crippen LogP contribution in [0, 0.1) is 0 Å². The van der Waals surface area contributed by atoms with Crippen molar-refractivity contribution in [3.8, 4) is 0 Å². The first-order chi connectivity index (χ1) is 5.41. The summed E-state index contributed by atoms with van der Waals surface area (Å²) in [7, 11) is 0. The second-order valence-electron chi connectivity index (χ2n) is 3.18. The Morgan fingerprint density at radius 2 is 1.17 bits per heavy atom. The van der Waals surface area contributed by atoms with Crippen molar-refractivity contribution >= 4 is 0 Å². The van der Waals surface area contributed by atoms with Gasteiger partial charge in [0.2, 0.25) is 0 Å². The van der Waals surface area contributed by atoms with Crippen LogP contribution in [0.4, 0.5) is 0 Å². The van der Waals surface area contributed by atoms with Crippen molar-refractivity contribution < 1.29 is 24.0 Å². The zero-order valence-corrected chi connectivity index (χ0v) is 8.77. The maximum Gasteiger partial charge on any atom is 1.00 e. The van der Waals surface area contributed by atoms with Crippen LogP contribution < -0.4 is 24.0 Å². The molecule has 12 heavy (non-hydrogen) atoms. The van der Waals surface area contributed by atoms with E-state index in [1.807, 2.05) is 0 Å². The van der Waals surface area contributed by atoms with Crippen LogP contribution >= 0.6 is 0 Å². The topological polar surface area (TPSA) is 23.1 Å². The van der Waals surface area contributed by atoms with Gasteiger partial charge in [-0.2, -0.15) is 0 Å². The van der Waals surface area contributed by atoms with Gasteiger partial charge in [-0.25, -0.2) is 0 Å². The summed E-state index contributed by atoms with van der Waals surface area (Å²) in [5.41, 5.74) is 0. The van der Waals surface area contributed by atoms with E-state index in [9.17, 15) is 5.11 Å². The van der Waals surface area contributed by atoms with Crippen molar-refractivity contribution in [3.05, 3.63) is 0 Å². The molecule has 68 valence electrons. The van der Waals surface area contributed by atoms with E-state index in [4.69, 9.17) is 0 Å². The van der Waals surface area contributed by atoms with Crippen LogP contribution in [0.15, 0.2) is 0 Å². The first kappa shape index (κ1) is 15.0. The first-order valence-electron chi connectivity index (χ1n) is 5.00. The standard InChI is InChI=1S/C10H21O.Li/c1-2-3-4-5-6-7-8-9-10-11;/h2-10H2,1H3;/q-1;+1. The molecule has 0 spiro atoms. The molecule has 2 heteroatoms. The van der Waals surface area contributed by atoms with Gasteiger partial charge in [0.05, 0.1) is 0 Å². The van der Waals surface area contributed by atoms with E-state index >= 15 is 0 Å². The first-order valence-corrected chi connectivity index (χ1v) is 5.00. The van der Waals surface area contributed by atoms with Crippen molar-refractivity contribution in [2.24, 2.45) is 0 Å². The number of unbranched alkanes of at least 4 members (excludes halogenated alkanes) is 7. The Kier molecular flexibility index (Phi) is 17.7. The van der Waals surface area contributed by atoms with E-state index in [1.165, 1.54) is 38.5 Å². The van der Waals surface area contributed by atoms with Gasteiger partial charge in [0.25, 0.3) is 0 Å². The summed E-state index contributed by atoms with van der Waals surface area (Å²) >= 11 is 0. The fraction of sp³-hybridized carbons (Fsp3) is 1.00. The van der Waals surface area contributed by atoms with Crippen molar-refractivity contribution in [1.82, 2.24) is 0 Å². The predicted octanol–water partition coefficient (Wildman–Crippen LogP) is -0.509. The van der Waals surface area contributed by atoms with Crippen molar-refractivity contribution in [1.29, 1.82) is 0 Å². The number of rotatable bonds is 8. The normalized spacial score (nSPS) is 9.50. The number of hydrogen-bond donors (Lipinski definition) is 0. The molecular formula is C10H21LiO. The van der Waals surface area contributed by atoms with E-state index in [1.54, 1.807) is 0 Å². The monoisotopic (exact) mass is 164 g/mol. The molecule has 0 saturated heterocycles. The van der Waals surface area contributed by atoms with E-state index < -0.39 is 0 Å². The smallest absolute Gasteiger partial charge is 0.854 e. The van der Waals surface area contributed by atoms with Gasteiger partial charge in [-0.05, 0) is 0 Å². The summed E-state index contributed by atoms with van der Waals surface area (Å²) in [4.78, 5) is 0. The van der Waals surface area contributed by atoms with Crippen molar-refractivity contribution in [3.63, 3.8) is 0 Å². The maximum atomic E-state index is 10.1. The zero-order chi connectivity index (χ0) is 8.36. The molecular weight excluding hydrogens is 143 g/mol. The summed E-state index contributed by atoms with van der Waals surface area (Å²) in [6.07, 6.45) is 10.1. The molecule has 0 aliphatic heterocycles. The summed E-state index contributed by atoms with van der Waals surface area (Å²) in [5.74, 6) is 0. The Morgan fingerprint density at radius 3 is 1.58 bits per heavy atom. The van der Waals surface area contributed by atoms with E-state index in [0.717, 1.165) is 12.8 Å². The molecule has 0 atom stereocenters. The predicted molar refractivity (Wildman–Crippen MR) is 47.5 cm³/mol. The van der Waals surface area contributed by atoms with E-state index in [2.05, 4.69) is 6.92 Å². The minimum Gasteiger partial charge on any atom is -0.854 e. The molecule has 0 aromatic rings. The Bertz CT molecular complexity index is 58.9. The molecule has 0 radical (unpaired) electrons. The van der Waals surface area contributed by atoms with Crippen LogP contribution in [0.1, 0.15) is 58.3 Å². The second kappa shape index (κ2) is 14.1. The fourth-order valence-electron chi connectivity index (χ4n) is 1.24. The Hall–Kier alpha value is 0.557. The summed E-state index contributed by atoms with van der Waals surface area (Å²) in [6, 6.07) is 0. The minimum absolute atomic E-state index is 0. The Balaban J connectivity index is 0. The van der Waals surface area contributed by atoms with Gasteiger partial charge in [-0.3, -0.25) is 0 Å². The van der Waals surface area contributed by atoms with Gasteiger partial charge in [-0.15, -0.1) is 6.61 Å². The maximum absolute atomic E-state index is 10.1. The van der Waals surface area contributed by atoms with Gasteiger partial charge in [0, 0.05) is 0 Å². The summed E-state index contributed by atoms with van der Waals surface area (Å²) in [5, 5.41) is 10.1. The summed E-state index contributed by atoms with van der Waals surface area (Å²) < 4.78 is 0. The molecule has 0 saturated carbocycles. The fourth-order valence-corrected chi connectivity index (χ4v) is 1.24. The van der Waals surface area contributed by atoms with Gasteiger partial charge >= 0.3 is 18.9 Å². The molecule has 0 fully saturated rings. The molecule has 0 bridgehead atoms. The third-order valence-corrected chi connectivity index (χ3v) is 2.00. The van der Waals surface area contributed by atoms with Gasteiger partial charge in [-0.1, -0.05) is 58.3 Å². The van der Waals surface area contributed by atoms with Gasteiger partial charge in [0.1, 0.15) is 0 Å². The molecule has 0 unspecified atom stereocenters. The van der Waals surface area contributed by atoms with Gasteiger partial charge in [0.15, 0.2) is 0 Å². The largest absolute Gasteiger partial charge is 1.00 e. The average Bonchev–Trinajstić information content (AvgIpc) is 2.03. The Morgan fingerprint density at radius 1 is 0.750 bits per heavy atom. The minimum atomic E-state index is 0. The van der Waals surface area contributed by atoms with Crippen LogP contribution in [0.3, 0.4) is 0 Å². The van der Waals surface area contributed by atoms with Crippen LogP contribution in [0.5, 0.6) is 0 Å². The summed E-state index contributed by atoms with van der Waals surface area (Å²) in [6.45, 7) is 2.35. The Labute approximate surface area is 89.1 Å². The third-order valence-electron chi connectivity index (χ3n) is 2.00. The van der Waals surface area contributed by atoms with Gasteiger partial charge < -0.3 is 5.11 Å². The van der Waals surface area contributed by atoms with E-state index in [-0.39, 0.29) is 25.5 Å². The van der Waals surface area contributed by atoms with Crippen molar-refractivity contribution in [2.75, 3.05) is 6.61 Å².